The molecule has 0 aromatic rings. The van der Waals surface area contributed by atoms with Gasteiger partial charge < -0.3 is 23.8 Å². The first-order valence-electron chi connectivity index (χ1n) is 21.6. The Morgan fingerprint density at radius 2 is 1.24 bits per heavy atom. The Morgan fingerprint density at radius 1 is 0.673 bits per heavy atom. The van der Waals surface area contributed by atoms with Gasteiger partial charge in [-0.2, -0.15) is 4.58 Å². The summed E-state index contributed by atoms with van der Waals surface area (Å²) in [5, 5.41) is 0. The summed E-state index contributed by atoms with van der Waals surface area (Å²) >= 11 is 0. The highest BCUT2D eigenvalue weighted by Gasteiger charge is 2.51. The molecule has 49 heavy (non-hydrogen) atoms. The summed E-state index contributed by atoms with van der Waals surface area (Å²) in [6, 6.07) is 0.988. The smallest absolute Gasteiger partial charge is 0.363 e. The van der Waals surface area contributed by atoms with Gasteiger partial charge in [-0.25, -0.2) is 0 Å². The van der Waals surface area contributed by atoms with E-state index in [0.717, 1.165) is 68.2 Å². The van der Waals surface area contributed by atoms with Crippen LogP contribution in [0.5, 0.6) is 0 Å². The van der Waals surface area contributed by atoms with Crippen molar-refractivity contribution in [2.24, 2.45) is 23.7 Å². The number of rotatable bonds is 11. The zero-order chi connectivity index (χ0) is 33.0. The Morgan fingerprint density at radius 3 is 1.90 bits per heavy atom. The van der Waals surface area contributed by atoms with Crippen LogP contribution in [0.2, 0.25) is 0 Å². The van der Waals surface area contributed by atoms with E-state index in [9.17, 15) is 0 Å². The number of ether oxygens (including phenoxy) is 4. The van der Waals surface area contributed by atoms with Gasteiger partial charge in [0.2, 0.25) is 0 Å². The average Bonchev–Trinajstić information content (AvgIpc) is 3.65. The van der Waals surface area contributed by atoms with Gasteiger partial charge in [-0.15, -0.1) is 0 Å². The fraction of sp³-hybridized carbons (Fsp3) is 0.884. The number of allylic oxidation sites excluding steroid dienone is 2. The second-order valence-corrected chi connectivity index (χ2v) is 17.5. The van der Waals surface area contributed by atoms with Crippen molar-refractivity contribution in [3.05, 3.63) is 23.6 Å². The van der Waals surface area contributed by atoms with Crippen molar-refractivity contribution in [1.82, 2.24) is 4.90 Å². The molecule has 0 N–H and O–H groups in total. The van der Waals surface area contributed by atoms with Gasteiger partial charge in [0.1, 0.15) is 12.7 Å². The van der Waals surface area contributed by atoms with Crippen molar-refractivity contribution in [3.63, 3.8) is 0 Å². The van der Waals surface area contributed by atoms with Crippen LogP contribution in [0.3, 0.4) is 0 Å². The molecule has 0 spiro atoms. The summed E-state index contributed by atoms with van der Waals surface area (Å²) in [4.78, 5) is 2.64. The van der Waals surface area contributed by atoms with E-state index in [1.807, 2.05) is 0 Å². The third-order valence-corrected chi connectivity index (χ3v) is 14.6. The van der Waals surface area contributed by atoms with E-state index < -0.39 is 0 Å². The van der Waals surface area contributed by atoms with E-state index in [-0.39, 0.29) is 0 Å². The third-order valence-electron chi connectivity index (χ3n) is 14.6. The zero-order valence-electron chi connectivity index (χ0n) is 31.0. The summed E-state index contributed by atoms with van der Waals surface area (Å²) in [5.74, 6) is 5.66. The van der Waals surface area contributed by atoms with Crippen LogP contribution in [0.4, 0.5) is 0 Å². The Hall–Kier alpha value is -1.53. The maximum atomic E-state index is 6.99. The molecule has 8 unspecified atom stereocenters. The lowest BCUT2D eigenvalue weighted by molar-refractivity contribution is -0.566. The molecule has 8 aliphatic rings. The largest absolute Gasteiger partial charge is 0.474 e. The van der Waals surface area contributed by atoms with E-state index in [0.29, 0.717) is 36.5 Å². The molecule has 1 saturated heterocycles. The lowest BCUT2D eigenvalue weighted by Gasteiger charge is -2.42. The highest BCUT2D eigenvalue weighted by atomic mass is 16.5. The highest BCUT2D eigenvalue weighted by Crippen LogP contribution is 2.47. The standard InChI is InChI=1S/C43H69N2O4/c1-2-31(25-42-44(21-23-46-36-17-5-3-6-18-36)38-27-32-13-9-11-15-34(32)29-40(38)48-42)26-43-45(22-24-47-37-19-7-4-8-20-37)39-28-33-14-10-12-16-35(33)30-41(39)49-43/h25-26,32-41H,2-24,27-30H2,1H3/q+1. The summed E-state index contributed by atoms with van der Waals surface area (Å²) < 4.78 is 29.7. The molecule has 6 saturated carbocycles. The number of nitrogens with zero attached hydrogens (tertiary/aromatic N) is 2. The van der Waals surface area contributed by atoms with Crippen LogP contribution in [0.25, 0.3) is 0 Å². The van der Waals surface area contributed by atoms with Crippen LogP contribution in [0, 0.1) is 23.7 Å². The summed E-state index contributed by atoms with van der Waals surface area (Å²) in [7, 11) is 0. The number of fused-ring (bicyclic) bond motifs is 4. The number of hydrogen-bond donors (Lipinski definition) is 0. The molecule has 0 bridgehead atoms. The molecule has 0 aromatic carbocycles. The lowest BCUT2D eigenvalue weighted by atomic mass is 9.68. The molecule has 0 aromatic heterocycles. The maximum Gasteiger partial charge on any atom is 0.363 e. The first-order valence-corrected chi connectivity index (χ1v) is 21.6. The van der Waals surface area contributed by atoms with E-state index in [2.05, 4.69) is 28.6 Å². The normalized spacial score (nSPS) is 38.1. The molecule has 0 amide bonds. The van der Waals surface area contributed by atoms with E-state index >= 15 is 0 Å². The highest BCUT2D eigenvalue weighted by molar-refractivity contribution is 5.85. The Kier molecular flexibility index (Phi) is 11.6. The minimum atomic E-state index is 0.327. The van der Waals surface area contributed by atoms with Gasteiger partial charge in [0.05, 0.1) is 30.9 Å². The summed E-state index contributed by atoms with van der Waals surface area (Å²) in [6.07, 6.45) is 36.7. The maximum absolute atomic E-state index is 6.99. The first kappa shape index (κ1) is 34.6. The summed E-state index contributed by atoms with van der Waals surface area (Å²) in [5.41, 5.74) is 1.33. The predicted molar refractivity (Wildman–Crippen MR) is 196 cm³/mol. The molecular weight excluding hydrogens is 608 g/mol. The van der Waals surface area contributed by atoms with Crippen molar-refractivity contribution >= 4 is 5.90 Å². The van der Waals surface area contributed by atoms with Crippen molar-refractivity contribution < 1.29 is 23.5 Å². The fourth-order valence-electron chi connectivity index (χ4n) is 11.8. The van der Waals surface area contributed by atoms with Gasteiger partial charge in [0, 0.05) is 19.0 Å². The molecule has 8 atom stereocenters. The molecular formula is C43H69N2O4+. The lowest BCUT2D eigenvalue weighted by Crippen LogP contribution is -2.45. The SMILES string of the molecule is CCC(=C\C1=[N+](CCOC2CCCCC2)C2CC3CCCCC3CC2O1)/C=C1/OC2CC3CCCCC3CC2N1CCOC1CCCCC1. The van der Waals surface area contributed by atoms with Crippen LogP contribution in [-0.4, -0.2) is 78.2 Å². The minimum absolute atomic E-state index is 0.327. The van der Waals surface area contributed by atoms with E-state index in [1.54, 1.807) is 0 Å². The molecule has 6 heteroatoms. The van der Waals surface area contributed by atoms with Gasteiger partial charge in [-0.1, -0.05) is 90.4 Å². The second kappa shape index (κ2) is 16.4. The molecule has 7 fully saturated rings. The monoisotopic (exact) mass is 678 g/mol. The van der Waals surface area contributed by atoms with E-state index in [1.165, 1.54) is 147 Å². The quantitative estimate of drug-likeness (QED) is 0.204. The summed E-state index contributed by atoms with van der Waals surface area (Å²) in [6.45, 7) is 5.83. The van der Waals surface area contributed by atoms with Gasteiger partial charge in [0.15, 0.2) is 24.6 Å². The predicted octanol–water partition coefficient (Wildman–Crippen LogP) is 9.31. The number of hydrogen-bond acceptors (Lipinski definition) is 5. The van der Waals surface area contributed by atoms with Crippen LogP contribution in [0.15, 0.2) is 23.6 Å². The molecule has 6 nitrogen and oxygen atoms in total. The van der Waals surface area contributed by atoms with Gasteiger partial charge >= 0.3 is 5.90 Å². The molecule has 2 heterocycles. The molecule has 8 rings (SSSR count). The molecule has 6 aliphatic carbocycles. The van der Waals surface area contributed by atoms with Gasteiger partial charge in [0.25, 0.3) is 0 Å². The first-order chi connectivity index (χ1) is 24.2. The molecule has 2 aliphatic heterocycles. The van der Waals surface area contributed by atoms with Crippen molar-refractivity contribution in [2.75, 3.05) is 26.3 Å². The van der Waals surface area contributed by atoms with Crippen LogP contribution in [0.1, 0.15) is 155 Å². The van der Waals surface area contributed by atoms with Crippen molar-refractivity contribution in [1.29, 1.82) is 0 Å². The van der Waals surface area contributed by atoms with Crippen molar-refractivity contribution in [2.45, 2.75) is 191 Å². The van der Waals surface area contributed by atoms with Gasteiger partial charge in [-0.05, 0) is 87.0 Å². The van der Waals surface area contributed by atoms with Crippen LogP contribution in [-0.2, 0) is 18.9 Å². The Labute approximate surface area is 298 Å². The Balaban J connectivity index is 1.03. The van der Waals surface area contributed by atoms with Crippen molar-refractivity contribution in [3.8, 4) is 0 Å². The second-order valence-electron chi connectivity index (χ2n) is 17.5. The zero-order valence-corrected chi connectivity index (χ0v) is 31.0. The van der Waals surface area contributed by atoms with Crippen LogP contribution >= 0.6 is 0 Å². The average molecular weight is 678 g/mol. The topological polar surface area (TPSA) is 43.2 Å². The molecule has 274 valence electrons. The minimum Gasteiger partial charge on any atom is -0.474 e. The molecule has 0 radical (unpaired) electrons. The van der Waals surface area contributed by atoms with Gasteiger partial charge in [-0.3, -0.25) is 0 Å². The Bertz CT molecular complexity index is 1180. The fourth-order valence-corrected chi connectivity index (χ4v) is 11.8. The van der Waals surface area contributed by atoms with Crippen LogP contribution < -0.4 is 0 Å². The van der Waals surface area contributed by atoms with E-state index in [4.69, 9.17) is 18.9 Å². The third kappa shape index (κ3) is 8.11.